The van der Waals surface area contributed by atoms with E-state index in [9.17, 15) is 24.9 Å². The number of allylic oxidation sites excluding steroid dienone is 2. The summed E-state index contributed by atoms with van der Waals surface area (Å²) in [5.41, 5.74) is 2.09. The van der Waals surface area contributed by atoms with Crippen LogP contribution in [0.3, 0.4) is 0 Å². The van der Waals surface area contributed by atoms with Gasteiger partial charge in [0.15, 0.2) is 6.10 Å². The SMILES string of the molecule is CCc1ccc(OC(CC)C(=O)OC2CC(O)C=C3C=CC(C)C(CCC(O)CC(O)CC(=O)O)C32)cc1. The van der Waals surface area contributed by atoms with Crippen LogP contribution in [-0.2, 0) is 20.7 Å². The van der Waals surface area contributed by atoms with Gasteiger partial charge in [0.2, 0.25) is 0 Å². The van der Waals surface area contributed by atoms with E-state index in [2.05, 4.69) is 19.9 Å². The third-order valence-electron chi connectivity index (χ3n) is 7.67. The Morgan fingerprint density at radius 2 is 1.82 bits per heavy atom. The van der Waals surface area contributed by atoms with Gasteiger partial charge in [0.25, 0.3) is 0 Å². The minimum Gasteiger partial charge on any atom is -0.481 e. The van der Waals surface area contributed by atoms with Crippen LogP contribution in [0.1, 0.15) is 64.9 Å². The number of ether oxygens (including phenoxy) is 2. The zero-order chi connectivity index (χ0) is 27.8. The number of carbonyl (C=O) groups is 2. The van der Waals surface area contributed by atoms with Crippen molar-refractivity contribution >= 4 is 11.9 Å². The topological polar surface area (TPSA) is 134 Å². The quantitative estimate of drug-likeness (QED) is 0.283. The van der Waals surface area contributed by atoms with Crippen molar-refractivity contribution in [2.45, 2.75) is 96.2 Å². The van der Waals surface area contributed by atoms with Gasteiger partial charge in [-0.3, -0.25) is 4.79 Å². The van der Waals surface area contributed by atoms with Crippen LogP contribution < -0.4 is 4.74 Å². The Balaban J connectivity index is 1.69. The summed E-state index contributed by atoms with van der Waals surface area (Å²) in [5, 5.41) is 39.7. The summed E-state index contributed by atoms with van der Waals surface area (Å²) in [4.78, 5) is 24.1. The number of aliphatic hydroxyl groups excluding tert-OH is 3. The molecule has 8 nitrogen and oxygen atoms in total. The van der Waals surface area contributed by atoms with E-state index in [0.717, 1.165) is 12.0 Å². The van der Waals surface area contributed by atoms with Crippen molar-refractivity contribution in [3.05, 3.63) is 53.6 Å². The van der Waals surface area contributed by atoms with Crippen molar-refractivity contribution in [2.75, 3.05) is 0 Å². The monoisotopic (exact) mass is 530 g/mol. The maximum Gasteiger partial charge on any atom is 0.347 e. The lowest BCUT2D eigenvalue weighted by atomic mass is 9.66. The number of carboxylic acid groups (broad SMARTS) is 1. The standard InChI is InChI=1S/C30H42O8/c1-4-19-7-11-24(12-8-19)37-26(5-2)30(36)38-27-16-22(32)14-20-9-6-18(3)25(29(20)27)13-10-21(31)15-23(33)17-28(34)35/h6-9,11-12,14,18,21-23,25-27,29,31-33H,4-5,10,13,15-17H2,1-3H3,(H,34,35). The van der Waals surface area contributed by atoms with Crippen molar-refractivity contribution in [3.8, 4) is 5.75 Å². The lowest BCUT2D eigenvalue weighted by molar-refractivity contribution is -0.163. The predicted octanol–water partition coefficient (Wildman–Crippen LogP) is 3.81. The molecule has 0 bridgehead atoms. The zero-order valence-electron chi connectivity index (χ0n) is 22.5. The smallest absolute Gasteiger partial charge is 0.347 e. The van der Waals surface area contributed by atoms with Gasteiger partial charge in [-0.15, -0.1) is 0 Å². The fourth-order valence-corrected chi connectivity index (χ4v) is 5.58. The highest BCUT2D eigenvalue weighted by Crippen LogP contribution is 2.44. The molecule has 0 aliphatic heterocycles. The summed E-state index contributed by atoms with van der Waals surface area (Å²) in [6.07, 6.45) is 4.00. The van der Waals surface area contributed by atoms with Crippen LogP contribution in [-0.4, -0.2) is 62.9 Å². The number of rotatable bonds is 13. The minimum absolute atomic E-state index is 0.0114. The second kappa shape index (κ2) is 13.9. The molecule has 1 aromatic rings. The Morgan fingerprint density at radius 1 is 1.11 bits per heavy atom. The highest BCUT2D eigenvalue weighted by Gasteiger charge is 2.42. The molecular formula is C30H42O8. The third-order valence-corrected chi connectivity index (χ3v) is 7.67. The lowest BCUT2D eigenvalue weighted by Crippen LogP contribution is -2.44. The lowest BCUT2D eigenvalue weighted by Gasteiger charge is -2.43. The van der Waals surface area contributed by atoms with E-state index >= 15 is 0 Å². The van der Waals surface area contributed by atoms with E-state index in [0.29, 0.717) is 25.0 Å². The van der Waals surface area contributed by atoms with Gasteiger partial charge in [0, 0.05) is 12.3 Å². The van der Waals surface area contributed by atoms with E-state index in [1.807, 2.05) is 37.3 Å². The van der Waals surface area contributed by atoms with E-state index < -0.39 is 48.9 Å². The van der Waals surface area contributed by atoms with Crippen LogP contribution in [0.4, 0.5) is 0 Å². The number of aliphatic carboxylic acids is 1. The molecule has 2 aliphatic carbocycles. The number of aryl methyl sites for hydroxylation is 1. The van der Waals surface area contributed by atoms with Crippen LogP contribution in [0.25, 0.3) is 0 Å². The van der Waals surface area contributed by atoms with Crippen LogP contribution in [0.15, 0.2) is 48.1 Å². The van der Waals surface area contributed by atoms with Crippen molar-refractivity contribution in [1.82, 2.24) is 0 Å². The maximum absolute atomic E-state index is 13.2. The van der Waals surface area contributed by atoms with Gasteiger partial charge in [-0.1, -0.05) is 51.1 Å². The average molecular weight is 531 g/mol. The van der Waals surface area contributed by atoms with Gasteiger partial charge < -0.3 is 29.9 Å². The Hall–Kier alpha value is -2.68. The number of benzene rings is 1. The van der Waals surface area contributed by atoms with Crippen molar-refractivity contribution in [1.29, 1.82) is 0 Å². The molecule has 2 aliphatic rings. The summed E-state index contributed by atoms with van der Waals surface area (Å²) < 4.78 is 12.0. The summed E-state index contributed by atoms with van der Waals surface area (Å²) >= 11 is 0. The molecule has 8 atom stereocenters. The summed E-state index contributed by atoms with van der Waals surface area (Å²) in [6, 6.07) is 7.64. The second-order valence-corrected chi connectivity index (χ2v) is 10.6. The van der Waals surface area contributed by atoms with E-state index in [-0.39, 0.29) is 30.6 Å². The average Bonchev–Trinajstić information content (AvgIpc) is 2.86. The fraction of sp³-hybridized carbons (Fsp3) is 0.600. The van der Waals surface area contributed by atoms with Crippen molar-refractivity contribution < 1.29 is 39.5 Å². The van der Waals surface area contributed by atoms with Gasteiger partial charge in [-0.05, 0) is 67.2 Å². The summed E-state index contributed by atoms with van der Waals surface area (Å²) in [5.74, 6) is -0.960. The van der Waals surface area contributed by atoms with Gasteiger partial charge >= 0.3 is 11.9 Å². The number of fused-ring (bicyclic) bond motifs is 1. The van der Waals surface area contributed by atoms with Crippen LogP contribution >= 0.6 is 0 Å². The molecule has 0 saturated carbocycles. The normalized spacial score (nSPS) is 27.0. The maximum atomic E-state index is 13.2. The molecule has 38 heavy (non-hydrogen) atoms. The Bertz CT molecular complexity index is 984. The number of hydrogen-bond donors (Lipinski definition) is 4. The Morgan fingerprint density at radius 3 is 2.45 bits per heavy atom. The second-order valence-electron chi connectivity index (χ2n) is 10.6. The van der Waals surface area contributed by atoms with Gasteiger partial charge in [0.1, 0.15) is 11.9 Å². The largest absolute Gasteiger partial charge is 0.481 e. The molecule has 1 aromatic carbocycles. The molecule has 0 aromatic heterocycles. The molecule has 0 amide bonds. The van der Waals surface area contributed by atoms with Crippen LogP contribution in [0, 0.1) is 17.8 Å². The predicted molar refractivity (Wildman–Crippen MR) is 143 cm³/mol. The zero-order valence-corrected chi connectivity index (χ0v) is 22.5. The molecule has 0 saturated heterocycles. The van der Waals surface area contributed by atoms with Gasteiger partial charge in [0.05, 0.1) is 24.7 Å². The number of esters is 1. The first-order valence-electron chi connectivity index (χ1n) is 13.7. The van der Waals surface area contributed by atoms with Crippen LogP contribution in [0.5, 0.6) is 5.75 Å². The molecule has 4 N–H and O–H groups in total. The highest BCUT2D eigenvalue weighted by atomic mass is 16.6. The molecule has 0 radical (unpaired) electrons. The fourth-order valence-electron chi connectivity index (χ4n) is 5.58. The van der Waals surface area contributed by atoms with Crippen molar-refractivity contribution in [3.63, 3.8) is 0 Å². The molecule has 210 valence electrons. The molecule has 3 rings (SSSR count). The van der Waals surface area contributed by atoms with Crippen LogP contribution in [0.2, 0.25) is 0 Å². The van der Waals surface area contributed by atoms with Gasteiger partial charge in [-0.25, -0.2) is 4.79 Å². The Kier molecular flexibility index (Phi) is 10.9. The molecule has 0 fully saturated rings. The first kappa shape index (κ1) is 29.9. The molecule has 8 heteroatoms. The van der Waals surface area contributed by atoms with E-state index in [4.69, 9.17) is 14.6 Å². The molecule has 8 unspecified atom stereocenters. The Labute approximate surface area is 225 Å². The molecule has 0 heterocycles. The van der Waals surface area contributed by atoms with Gasteiger partial charge in [-0.2, -0.15) is 0 Å². The number of aliphatic hydroxyl groups is 3. The van der Waals surface area contributed by atoms with E-state index in [1.165, 1.54) is 5.56 Å². The third kappa shape index (κ3) is 8.16. The number of carboxylic acids is 1. The first-order valence-corrected chi connectivity index (χ1v) is 13.7. The highest BCUT2D eigenvalue weighted by molar-refractivity contribution is 5.75. The summed E-state index contributed by atoms with van der Waals surface area (Å²) in [7, 11) is 0. The summed E-state index contributed by atoms with van der Waals surface area (Å²) in [6.45, 7) is 6.01. The minimum atomic E-state index is -1.11. The first-order chi connectivity index (χ1) is 18.1. The molecule has 0 spiro atoms. The molecular weight excluding hydrogens is 488 g/mol. The van der Waals surface area contributed by atoms with Crippen molar-refractivity contribution in [2.24, 2.45) is 17.8 Å². The number of carbonyl (C=O) groups excluding carboxylic acids is 1. The van der Waals surface area contributed by atoms with E-state index in [1.54, 1.807) is 6.08 Å². The number of hydrogen-bond acceptors (Lipinski definition) is 7.